The molecule has 6 heteroatoms. The molecule has 1 N–H and O–H groups in total. The molecule has 3 rings (SSSR count). The predicted molar refractivity (Wildman–Crippen MR) is 106 cm³/mol. The van der Waals surface area contributed by atoms with Crippen LogP contribution in [0.3, 0.4) is 0 Å². The van der Waals surface area contributed by atoms with Crippen LogP contribution in [0.1, 0.15) is 29.5 Å². The van der Waals surface area contributed by atoms with Gasteiger partial charge in [0, 0.05) is 26.1 Å². The van der Waals surface area contributed by atoms with E-state index in [1.807, 2.05) is 56.3 Å². The van der Waals surface area contributed by atoms with Crippen LogP contribution >= 0.6 is 0 Å². The molecule has 1 unspecified atom stereocenters. The van der Waals surface area contributed by atoms with E-state index >= 15 is 0 Å². The lowest BCUT2D eigenvalue weighted by molar-refractivity contribution is -0.122. The first-order chi connectivity index (χ1) is 12.9. The molecule has 1 heterocycles. The van der Waals surface area contributed by atoms with Crippen LogP contribution in [0.15, 0.2) is 53.4 Å². The second-order valence-corrected chi connectivity index (χ2v) is 9.16. The smallest absolute Gasteiger partial charge is 0.243 e. The highest BCUT2D eigenvalue weighted by atomic mass is 32.2. The van der Waals surface area contributed by atoms with E-state index < -0.39 is 10.0 Å². The van der Waals surface area contributed by atoms with E-state index in [0.29, 0.717) is 37.4 Å². The normalized spacial score (nSPS) is 17.8. The third-order valence-electron chi connectivity index (χ3n) is 5.00. The van der Waals surface area contributed by atoms with E-state index in [1.165, 1.54) is 4.31 Å². The number of aryl methyl sites for hydroxylation is 2. The van der Waals surface area contributed by atoms with Crippen LogP contribution in [0.5, 0.6) is 0 Å². The minimum Gasteiger partial charge on any atom is -0.352 e. The second kappa shape index (κ2) is 8.23. The first-order valence-corrected chi connectivity index (χ1v) is 10.7. The minimum absolute atomic E-state index is 0.0328. The van der Waals surface area contributed by atoms with Crippen LogP contribution in [0.2, 0.25) is 0 Å². The van der Waals surface area contributed by atoms with Gasteiger partial charge < -0.3 is 5.32 Å². The molecule has 0 saturated carbocycles. The number of carbonyl (C=O) groups is 1. The lowest BCUT2D eigenvalue weighted by Gasteiger charge is -2.18. The Hall–Kier alpha value is -2.18. The Morgan fingerprint density at radius 1 is 1.15 bits per heavy atom. The molecule has 27 heavy (non-hydrogen) atoms. The van der Waals surface area contributed by atoms with Crippen LogP contribution in [0.25, 0.3) is 0 Å². The van der Waals surface area contributed by atoms with Crippen molar-refractivity contribution >= 4 is 15.9 Å². The number of sulfonamides is 1. The summed E-state index contributed by atoms with van der Waals surface area (Å²) in [6.07, 6.45) is 1.06. The van der Waals surface area contributed by atoms with Gasteiger partial charge in [-0.05, 0) is 43.4 Å². The molecule has 1 aliphatic rings. The number of nitrogens with one attached hydrogen (secondary N) is 1. The van der Waals surface area contributed by atoms with Crippen molar-refractivity contribution in [3.05, 3.63) is 65.2 Å². The molecule has 1 saturated heterocycles. The molecule has 1 aliphatic heterocycles. The van der Waals surface area contributed by atoms with E-state index in [4.69, 9.17) is 0 Å². The van der Waals surface area contributed by atoms with E-state index in [9.17, 15) is 13.2 Å². The lowest BCUT2D eigenvalue weighted by Crippen LogP contribution is -2.30. The van der Waals surface area contributed by atoms with Gasteiger partial charge in [0.05, 0.1) is 4.90 Å². The zero-order chi connectivity index (χ0) is 19.4. The number of nitrogens with zero attached hydrogens (tertiary/aromatic N) is 1. The molecule has 0 bridgehead atoms. The average molecular weight is 387 g/mol. The molecule has 2 aromatic rings. The number of amides is 1. The molecule has 0 spiro atoms. The summed E-state index contributed by atoms with van der Waals surface area (Å²) in [7, 11) is -3.51. The van der Waals surface area contributed by atoms with Crippen LogP contribution in [0, 0.1) is 19.8 Å². The highest BCUT2D eigenvalue weighted by Gasteiger charge is 2.34. The summed E-state index contributed by atoms with van der Waals surface area (Å²) in [5.41, 5.74) is 2.86. The first kappa shape index (κ1) is 19.6. The highest BCUT2D eigenvalue weighted by Crippen LogP contribution is 2.28. The zero-order valence-electron chi connectivity index (χ0n) is 15.8. The van der Waals surface area contributed by atoms with Gasteiger partial charge >= 0.3 is 0 Å². The largest absolute Gasteiger partial charge is 0.352 e. The number of hydrogen-bond acceptors (Lipinski definition) is 3. The number of carbonyl (C=O) groups excluding carboxylic acids is 1. The van der Waals surface area contributed by atoms with Crippen molar-refractivity contribution in [1.29, 1.82) is 0 Å². The fourth-order valence-corrected chi connectivity index (χ4v) is 5.28. The Bertz CT molecular complexity index is 910. The van der Waals surface area contributed by atoms with Crippen LogP contribution in [-0.4, -0.2) is 31.7 Å². The van der Waals surface area contributed by atoms with Gasteiger partial charge in [0.1, 0.15) is 0 Å². The van der Waals surface area contributed by atoms with E-state index in [2.05, 4.69) is 5.32 Å². The maximum Gasteiger partial charge on any atom is 0.243 e. The van der Waals surface area contributed by atoms with Crippen LogP contribution < -0.4 is 5.32 Å². The van der Waals surface area contributed by atoms with Gasteiger partial charge in [-0.2, -0.15) is 4.31 Å². The van der Waals surface area contributed by atoms with Gasteiger partial charge in [-0.25, -0.2) is 8.42 Å². The van der Waals surface area contributed by atoms with Crippen molar-refractivity contribution in [3.63, 3.8) is 0 Å². The molecule has 1 atom stereocenters. The van der Waals surface area contributed by atoms with Crippen LogP contribution in [0.4, 0.5) is 0 Å². The summed E-state index contributed by atoms with van der Waals surface area (Å²) in [5, 5.41) is 2.92. The fraction of sp³-hybridized carbons (Fsp3) is 0.381. The van der Waals surface area contributed by atoms with Gasteiger partial charge in [-0.15, -0.1) is 0 Å². The Morgan fingerprint density at radius 2 is 1.89 bits per heavy atom. The molecule has 144 valence electrons. The van der Waals surface area contributed by atoms with Crippen molar-refractivity contribution < 1.29 is 13.2 Å². The standard InChI is InChI=1S/C21H26N2O3S/c1-16-8-9-20(17(2)12-16)27(25,26)23-11-10-19(15-23)13-21(24)22-14-18-6-4-3-5-7-18/h3-9,12,19H,10-11,13-15H2,1-2H3,(H,22,24). The van der Waals surface area contributed by atoms with Crippen molar-refractivity contribution in [2.45, 2.75) is 38.1 Å². The molecule has 5 nitrogen and oxygen atoms in total. The van der Waals surface area contributed by atoms with Crippen LogP contribution in [-0.2, 0) is 21.4 Å². The SMILES string of the molecule is Cc1ccc(S(=O)(=O)N2CCC(CC(=O)NCc3ccccc3)C2)c(C)c1. The molecule has 0 aromatic heterocycles. The van der Waals surface area contributed by atoms with E-state index in [1.54, 1.807) is 6.07 Å². The summed E-state index contributed by atoms with van der Waals surface area (Å²) >= 11 is 0. The van der Waals surface area contributed by atoms with Gasteiger partial charge in [0.2, 0.25) is 15.9 Å². The molecular weight excluding hydrogens is 360 g/mol. The fourth-order valence-electron chi connectivity index (χ4n) is 3.54. The Balaban J connectivity index is 1.57. The number of hydrogen-bond donors (Lipinski definition) is 1. The molecule has 0 radical (unpaired) electrons. The third kappa shape index (κ3) is 4.76. The topological polar surface area (TPSA) is 66.5 Å². The lowest BCUT2D eigenvalue weighted by atomic mass is 10.0. The Labute approximate surface area is 161 Å². The Morgan fingerprint density at radius 3 is 2.59 bits per heavy atom. The number of benzene rings is 2. The number of rotatable bonds is 6. The van der Waals surface area contributed by atoms with Crippen molar-refractivity contribution in [1.82, 2.24) is 9.62 Å². The van der Waals surface area contributed by atoms with Crippen molar-refractivity contribution in [2.24, 2.45) is 5.92 Å². The molecule has 2 aromatic carbocycles. The zero-order valence-corrected chi connectivity index (χ0v) is 16.6. The predicted octanol–water partition coefficient (Wildman–Crippen LogP) is 3.02. The molecular formula is C21H26N2O3S. The summed E-state index contributed by atoms with van der Waals surface area (Å²) in [6.45, 7) is 5.13. The first-order valence-electron chi connectivity index (χ1n) is 9.24. The van der Waals surface area contributed by atoms with Gasteiger partial charge in [-0.3, -0.25) is 4.79 Å². The average Bonchev–Trinajstić information content (AvgIpc) is 3.10. The summed E-state index contributed by atoms with van der Waals surface area (Å²) < 4.78 is 27.4. The highest BCUT2D eigenvalue weighted by molar-refractivity contribution is 7.89. The minimum atomic E-state index is -3.51. The van der Waals surface area contributed by atoms with Crippen molar-refractivity contribution in [2.75, 3.05) is 13.1 Å². The summed E-state index contributed by atoms with van der Waals surface area (Å²) in [5.74, 6) is 0.0240. The molecule has 1 amide bonds. The van der Waals surface area contributed by atoms with Gasteiger partial charge in [-0.1, -0.05) is 48.0 Å². The molecule has 1 fully saturated rings. The summed E-state index contributed by atoms with van der Waals surface area (Å²) in [6, 6.07) is 15.1. The van der Waals surface area contributed by atoms with E-state index in [0.717, 1.165) is 16.7 Å². The third-order valence-corrected chi connectivity index (χ3v) is 7.03. The Kier molecular flexibility index (Phi) is 5.97. The second-order valence-electron chi connectivity index (χ2n) is 7.25. The van der Waals surface area contributed by atoms with Crippen molar-refractivity contribution in [3.8, 4) is 0 Å². The van der Waals surface area contributed by atoms with E-state index in [-0.39, 0.29) is 11.8 Å². The van der Waals surface area contributed by atoms with Gasteiger partial charge in [0.25, 0.3) is 0 Å². The maximum atomic E-state index is 12.9. The molecule has 0 aliphatic carbocycles. The van der Waals surface area contributed by atoms with Gasteiger partial charge in [0.15, 0.2) is 0 Å². The summed E-state index contributed by atoms with van der Waals surface area (Å²) in [4.78, 5) is 12.6. The monoisotopic (exact) mass is 386 g/mol. The quantitative estimate of drug-likeness (QED) is 0.830. The maximum absolute atomic E-state index is 12.9.